The summed E-state index contributed by atoms with van der Waals surface area (Å²) in [6.45, 7) is 11.3. The van der Waals surface area contributed by atoms with E-state index in [1.54, 1.807) is 13.3 Å². The van der Waals surface area contributed by atoms with Crippen LogP contribution in [0.1, 0.15) is 32.8 Å². The van der Waals surface area contributed by atoms with Crippen LogP contribution in [0.5, 0.6) is 5.88 Å². The maximum absolute atomic E-state index is 5.71. The van der Waals surface area contributed by atoms with Gasteiger partial charge in [0.1, 0.15) is 6.61 Å². The van der Waals surface area contributed by atoms with Crippen LogP contribution in [-0.4, -0.2) is 55.8 Å². The molecule has 2 atom stereocenters. The highest BCUT2D eigenvalue weighted by Crippen LogP contribution is 2.21. The molecular formula is C19H32N4O2. The predicted molar refractivity (Wildman–Crippen MR) is 101 cm³/mol. The van der Waals surface area contributed by atoms with Crippen molar-refractivity contribution in [1.29, 1.82) is 0 Å². The Labute approximate surface area is 151 Å². The van der Waals surface area contributed by atoms with Crippen molar-refractivity contribution in [3.05, 3.63) is 23.9 Å². The second kappa shape index (κ2) is 10.2. The Morgan fingerprint density at radius 2 is 2.08 bits per heavy atom. The minimum atomic E-state index is 0.492. The van der Waals surface area contributed by atoms with Gasteiger partial charge in [0.2, 0.25) is 5.88 Å². The normalized spacial score (nSPS) is 21.3. The summed E-state index contributed by atoms with van der Waals surface area (Å²) >= 11 is 0. The zero-order valence-corrected chi connectivity index (χ0v) is 16.0. The fourth-order valence-corrected chi connectivity index (χ4v) is 3.32. The van der Waals surface area contributed by atoms with E-state index in [1.165, 1.54) is 6.42 Å². The van der Waals surface area contributed by atoms with Gasteiger partial charge in [-0.3, -0.25) is 0 Å². The van der Waals surface area contributed by atoms with E-state index in [1.807, 2.05) is 12.1 Å². The summed E-state index contributed by atoms with van der Waals surface area (Å²) in [4.78, 5) is 11.6. The third-order valence-corrected chi connectivity index (χ3v) is 4.28. The molecule has 0 amide bonds. The van der Waals surface area contributed by atoms with E-state index >= 15 is 0 Å². The van der Waals surface area contributed by atoms with E-state index in [4.69, 9.17) is 14.5 Å². The van der Waals surface area contributed by atoms with Crippen LogP contribution in [0.4, 0.5) is 0 Å². The van der Waals surface area contributed by atoms with Crippen LogP contribution < -0.4 is 10.1 Å². The van der Waals surface area contributed by atoms with Gasteiger partial charge in [0, 0.05) is 38.5 Å². The van der Waals surface area contributed by atoms with Crippen molar-refractivity contribution in [3.8, 4) is 5.88 Å². The van der Waals surface area contributed by atoms with E-state index < -0.39 is 0 Å². The van der Waals surface area contributed by atoms with Crippen molar-refractivity contribution in [2.75, 3.05) is 40.0 Å². The van der Waals surface area contributed by atoms with Gasteiger partial charge in [0.05, 0.1) is 13.2 Å². The molecule has 1 aliphatic heterocycles. The number of nitrogens with one attached hydrogen (secondary N) is 1. The molecule has 0 bridgehead atoms. The largest absolute Gasteiger partial charge is 0.475 e. The van der Waals surface area contributed by atoms with E-state index in [0.717, 1.165) is 31.2 Å². The first-order valence-electron chi connectivity index (χ1n) is 9.22. The highest BCUT2D eigenvalue weighted by molar-refractivity contribution is 5.80. The lowest BCUT2D eigenvalue weighted by atomic mass is 9.92. The average Bonchev–Trinajstić information content (AvgIpc) is 2.59. The van der Waals surface area contributed by atoms with E-state index in [0.29, 0.717) is 37.5 Å². The number of piperidine rings is 1. The number of methoxy groups -OCH3 is 1. The molecule has 1 fully saturated rings. The third-order valence-electron chi connectivity index (χ3n) is 4.28. The van der Waals surface area contributed by atoms with Crippen LogP contribution in [-0.2, 0) is 11.3 Å². The van der Waals surface area contributed by atoms with Gasteiger partial charge in [-0.25, -0.2) is 9.98 Å². The lowest BCUT2D eigenvalue weighted by Crippen LogP contribution is -2.48. The number of aliphatic imine (C=N–C) groups is 1. The standard InChI is InChI=1S/C19H32N4O2/c1-5-20-19(23-13-15(2)11-16(3)14-23)22-12-17-7-6-8-21-18(17)25-10-9-24-4/h6-8,15-16H,5,9-14H2,1-4H3,(H,20,22). The third kappa shape index (κ3) is 6.20. The fraction of sp³-hybridized carbons (Fsp3) is 0.684. The second-order valence-electron chi connectivity index (χ2n) is 6.83. The average molecular weight is 348 g/mol. The number of hydrogen-bond donors (Lipinski definition) is 1. The number of ether oxygens (including phenoxy) is 2. The number of hydrogen-bond acceptors (Lipinski definition) is 4. The highest BCUT2D eigenvalue weighted by Gasteiger charge is 2.24. The molecule has 1 saturated heterocycles. The number of pyridine rings is 1. The maximum Gasteiger partial charge on any atom is 0.218 e. The van der Waals surface area contributed by atoms with Gasteiger partial charge in [-0.2, -0.15) is 0 Å². The van der Waals surface area contributed by atoms with Gasteiger partial charge in [0.25, 0.3) is 0 Å². The molecule has 2 unspecified atom stereocenters. The quantitative estimate of drug-likeness (QED) is 0.466. The molecular weight excluding hydrogens is 316 g/mol. The van der Waals surface area contributed by atoms with Crippen molar-refractivity contribution in [3.63, 3.8) is 0 Å². The number of guanidine groups is 1. The maximum atomic E-state index is 5.71. The second-order valence-corrected chi connectivity index (χ2v) is 6.83. The molecule has 2 rings (SSSR count). The molecule has 1 aliphatic rings. The highest BCUT2D eigenvalue weighted by atomic mass is 16.5. The minimum absolute atomic E-state index is 0.492. The van der Waals surface area contributed by atoms with Crippen LogP contribution >= 0.6 is 0 Å². The summed E-state index contributed by atoms with van der Waals surface area (Å²) in [5.74, 6) is 3.00. The van der Waals surface area contributed by atoms with Crippen LogP contribution in [0.15, 0.2) is 23.3 Å². The van der Waals surface area contributed by atoms with Crippen LogP contribution in [0, 0.1) is 11.8 Å². The van der Waals surface area contributed by atoms with Gasteiger partial charge >= 0.3 is 0 Å². The molecule has 1 aromatic rings. The van der Waals surface area contributed by atoms with Gasteiger partial charge < -0.3 is 19.7 Å². The first kappa shape index (κ1) is 19.5. The Morgan fingerprint density at radius 1 is 1.32 bits per heavy atom. The number of nitrogens with zero attached hydrogens (tertiary/aromatic N) is 3. The fourth-order valence-electron chi connectivity index (χ4n) is 3.32. The van der Waals surface area contributed by atoms with E-state index in [9.17, 15) is 0 Å². The summed E-state index contributed by atoms with van der Waals surface area (Å²) in [5, 5.41) is 3.43. The topological polar surface area (TPSA) is 59.0 Å². The van der Waals surface area contributed by atoms with Gasteiger partial charge in [0.15, 0.2) is 5.96 Å². The molecule has 0 aliphatic carbocycles. The predicted octanol–water partition coefficient (Wildman–Crippen LogP) is 2.55. The zero-order chi connectivity index (χ0) is 18.1. The number of rotatable bonds is 7. The number of likely N-dealkylation sites (tertiary alicyclic amines) is 1. The van der Waals surface area contributed by atoms with Gasteiger partial charge in [-0.15, -0.1) is 0 Å². The molecule has 6 heteroatoms. The lowest BCUT2D eigenvalue weighted by molar-refractivity contribution is 0.143. The molecule has 1 N–H and O–H groups in total. The van der Waals surface area contributed by atoms with Crippen LogP contribution in [0.3, 0.4) is 0 Å². The molecule has 1 aromatic heterocycles. The summed E-state index contributed by atoms with van der Waals surface area (Å²) in [5.41, 5.74) is 0.993. The number of aromatic nitrogens is 1. The molecule has 25 heavy (non-hydrogen) atoms. The van der Waals surface area contributed by atoms with Crippen molar-refractivity contribution >= 4 is 5.96 Å². The van der Waals surface area contributed by atoms with Crippen molar-refractivity contribution in [1.82, 2.24) is 15.2 Å². The summed E-state index contributed by atoms with van der Waals surface area (Å²) < 4.78 is 10.7. The Kier molecular flexibility index (Phi) is 7.98. The lowest BCUT2D eigenvalue weighted by Gasteiger charge is -2.37. The first-order chi connectivity index (χ1) is 12.1. The molecule has 0 radical (unpaired) electrons. The Morgan fingerprint density at radius 3 is 2.76 bits per heavy atom. The van der Waals surface area contributed by atoms with E-state index in [2.05, 4.69) is 36.0 Å². The first-order valence-corrected chi connectivity index (χ1v) is 9.22. The summed E-state index contributed by atoms with van der Waals surface area (Å²) in [7, 11) is 1.66. The van der Waals surface area contributed by atoms with Gasteiger partial charge in [-0.1, -0.05) is 19.9 Å². The monoisotopic (exact) mass is 348 g/mol. The summed E-state index contributed by atoms with van der Waals surface area (Å²) in [6, 6.07) is 3.94. The molecule has 0 spiro atoms. The Balaban J connectivity index is 2.08. The van der Waals surface area contributed by atoms with Crippen molar-refractivity contribution in [2.45, 2.75) is 33.7 Å². The van der Waals surface area contributed by atoms with Crippen molar-refractivity contribution in [2.24, 2.45) is 16.8 Å². The molecule has 2 heterocycles. The van der Waals surface area contributed by atoms with Crippen molar-refractivity contribution < 1.29 is 9.47 Å². The SMILES string of the molecule is CCNC(=NCc1cccnc1OCCOC)N1CC(C)CC(C)C1. The summed E-state index contributed by atoms with van der Waals surface area (Å²) in [6.07, 6.45) is 3.03. The van der Waals surface area contributed by atoms with Crippen LogP contribution in [0.2, 0.25) is 0 Å². The molecule has 0 aromatic carbocycles. The molecule has 6 nitrogen and oxygen atoms in total. The zero-order valence-electron chi connectivity index (χ0n) is 16.0. The Bertz CT molecular complexity index is 540. The Hall–Kier alpha value is -1.82. The van der Waals surface area contributed by atoms with Gasteiger partial charge in [-0.05, 0) is 31.2 Å². The van der Waals surface area contributed by atoms with E-state index in [-0.39, 0.29) is 0 Å². The molecule has 140 valence electrons. The smallest absolute Gasteiger partial charge is 0.218 e. The van der Waals surface area contributed by atoms with Crippen LogP contribution in [0.25, 0.3) is 0 Å². The minimum Gasteiger partial charge on any atom is -0.475 e. The molecule has 0 saturated carbocycles.